The second-order valence-electron chi connectivity index (χ2n) is 4.23. The van der Waals surface area contributed by atoms with Crippen LogP contribution in [0.3, 0.4) is 0 Å². The first-order valence-electron chi connectivity index (χ1n) is 6.37. The van der Waals surface area contributed by atoms with E-state index in [0.717, 1.165) is 11.3 Å². The molecule has 0 fully saturated rings. The maximum atomic E-state index is 14.0. The van der Waals surface area contributed by atoms with E-state index < -0.39 is 5.82 Å². The van der Waals surface area contributed by atoms with Crippen molar-refractivity contribution < 1.29 is 14.0 Å². The van der Waals surface area contributed by atoms with E-state index in [1.807, 2.05) is 13.8 Å². The first kappa shape index (κ1) is 15.9. The van der Waals surface area contributed by atoms with Crippen molar-refractivity contribution in [2.75, 3.05) is 5.75 Å². The molecule has 4 nitrogen and oxygen atoms in total. The molecular weight excluding hydrogens is 315 g/mol. The van der Waals surface area contributed by atoms with Crippen LogP contribution in [0.4, 0.5) is 4.39 Å². The molecule has 1 heterocycles. The van der Waals surface area contributed by atoms with E-state index in [0.29, 0.717) is 0 Å². The summed E-state index contributed by atoms with van der Waals surface area (Å²) in [6, 6.07) is 7.51. The van der Waals surface area contributed by atoms with Crippen LogP contribution in [0.15, 0.2) is 30.3 Å². The number of rotatable bonds is 5. The number of benzene rings is 1. The van der Waals surface area contributed by atoms with Gasteiger partial charge in [-0.05, 0) is 35.2 Å². The van der Waals surface area contributed by atoms with Crippen LogP contribution in [0.25, 0.3) is 0 Å². The molecule has 1 aromatic carbocycles. The van der Waals surface area contributed by atoms with Gasteiger partial charge in [0.15, 0.2) is 11.6 Å². The monoisotopic (exact) mass is 328 g/mol. The van der Waals surface area contributed by atoms with Gasteiger partial charge in [0.2, 0.25) is 0 Å². The Morgan fingerprint density at radius 1 is 1.43 bits per heavy atom. The Bertz CT molecular complexity index is 642. The van der Waals surface area contributed by atoms with Gasteiger partial charge in [0.1, 0.15) is 0 Å². The molecule has 0 spiro atoms. The Morgan fingerprint density at radius 2 is 2.19 bits per heavy atom. The van der Waals surface area contributed by atoms with Gasteiger partial charge < -0.3 is 9.94 Å². The summed E-state index contributed by atoms with van der Waals surface area (Å²) in [5.74, 6) is 0.483. The fourth-order valence-corrected chi connectivity index (χ4v) is 2.79. The third-order valence-corrected chi connectivity index (χ3v) is 4.15. The minimum Gasteiger partial charge on any atom is -0.593 e. The third-order valence-electron chi connectivity index (χ3n) is 2.79. The quantitative estimate of drug-likeness (QED) is 0.612. The third kappa shape index (κ3) is 3.77. The molecule has 0 aliphatic heterocycles. The number of para-hydroxylation sites is 1. The van der Waals surface area contributed by atoms with Crippen molar-refractivity contribution in [1.82, 2.24) is 5.10 Å². The zero-order valence-electron chi connectivity index (χ0n) is 11.5. The molecule has 0 radical (unpaired) electrons. The van der Waals surface area contributed by atoms with Gasteiger partial charge in [-0.3, -0.25) is 0 Å². The highest BCUT2D eigenvalue weighted by atomic mass is 35.5. The predicted octanol–water partition coefficient (Wildman–Crippen LogP) is 4.11. The lowest BCUT2D eigenvalue weighted by Crippen LogP contribution is -2.32. The number of halogens is 2. The van der Waals surface area contributed by atoms with E-state index in [-0.39, 0.29) is 26.9 Å². The van der Waals surface area contributed by atoms with Crippen molar-refractivity contribution >= 4 is 23.4 Å². The highest BCUT2D eigenvalue weighted by molar-refractivity contribution is 7.99. The second kappa shape index (κ2) is 6.95. The SMILES string of the molecule is CCSC(C)c1cccc(F)c1Oc1ccc(Cl)[n+]([O-])n1. The minimum absolute atomic E-state index is 0.00514. The number of hydrogen-bond acceptors (Lipinski definition) is 4. The summed E-state index contributed by atoms with van der Waals surface area (Å²) < 4.78 is 19.5. The summed E-state index contributed by atoms with van der Waals surface area (Å²) in [5, 5.41) is 14.9. The molecule has 112 valence electrons. The molecule has 0 saturated carbocycles. The molecule has 2 aromatic rings. The van der Waals surface area contributed by atoms with Gasteiger partial charge in [-0.1, -0.05) is 19.1 Å². The summed E-state index contributed by atoms with van der Waals surface area (Å²) in [7, 11) is 0. The summed E-state index contributed by atoms with van der Waals surface area (Å²) in [4.78, 5) is 0.224. The van der Waals surface area contributed by atoms with E-state index in [2.05, 4.69) is 5.10 Å². The normalized spacial score (nSPS) is 12.2. The smallest absolute Gasteiger partial charge is 0.313 e. The Morgan fingerprint density at radius 3 is 2.86 bits per heavy atom. The van der Waals surface area contributed by atoms with E-state index in [1.54, 1.807) is 23.9 Å². The topological polar surface area (TPSA) is 49.1 Å². The lowest BCUT2D eigenvalue weighted by Gasteiger charge is -2.15. The van der Waals surface area contributed by atoms with E-state index >= 15 is 0 Å². The lowest BCUT2D eigenvalue weighted by atomic mass is 10.1. The molecule has 1 aromatic heterocycles. The predicted molar refractivity (Wildman–Crippen MR) is 81.2 cm³/mol. The largest absolute Gasteiger partial charge is 0.593 e. The average Bonchev–Trinajstić information content (AvgIpc) is 2.45. The van der Waals surface area contributed by atoms with Crippen molar-refractivity contribution in [3.8, 4) is 11.6 Å². The van der Waals surface area contributed by atoms with Crippen molar-refractivity contribution in [2.24, 2.45) is 0 Å². The Kier molecular flexibility index (Phi) is 5.25. The highest BCUT2D eigenvalue weighted by Crippen LogP contribution is 2.37. The van der Waals surface area contributed by atoms with Crippen LogP contribution >= 0.6 is 23.4 Å². The molecule has 7 heteroatoms. The van der Waals surface area contributed by atoms with Crippen molar-refractivity contribution in [1.29, 1.82) is 0 Å². The Labute approximate surface area is 131 Å². The molecule has 0 amide bonds. The fourth-order valence-electron chi connectivity index (χ4n) is 1.83. The Balaban J connectivity index is 2.36. The molecule has 1 atom stereocenters. The van der Waals surface area contributed by atoms with Gasteiger partial charge in [-0.15, -0.1) is 0 Å². The summed E-state index contributed by atoms with van der Waals surface area (Å²) in [5.41, 5.74) is 0.719. The van der Waals surface area contributed by atoms with Crippen LogP contribution in [-0.4, -0.2) is 10.9 Å². The molecule has 0 N–H and O–H groups in total. The molecule has 0 aliphatic carbocycles. The molecule has 1 unspecified atom stereocenters. The maximum Gasteiger partial charge on any atom is 0.313 e. The molecule has 0 bridgehead atoms. The molecule has 0 saturated heterocycles. The van der Waals surface area contributed by atoms with Gasteiger partial charge in [-0.2, -0.15) is 11.8 Å². The van der Waals surface area contributed by atoms with Gasteiger partial charge in [0.05, 0.1) is 5.10 Å². The zero-order chi connectivity index (χ0) is 15.4. The van der Waals surface area contributed by atoms with Gasteiger partial charge in [0, 0.05) is 22.9 Å². The fraction of sp³-hybridized carbons (Fsp3) is 0.286. The zero-order valence-corrected chi connectivity index (χ0v) is 13.1. The Hall–Kier alpha value is -1.53. The molecule has 21 heavy (non-hydrogen) atoms. The first-order chi connectivity index (χ1) is 10.0. The maximum absolute atomic E-state index is 14.0. The van der Waals surface area contributed by atoms with Gasteiger partial charge in [-0.25, -0.2) is 4.39 Å². The van der Waals surface area contributed by atoms with E-state index in [4.69, 9.17) is 16.3 Å². The van der Waals surface area contributed by atoms with Crippen molar-refractivity contribution in [3.63, 3.8) is 0 Å². The van der Waals surface area contributed by atoms with Crippen LogP contribution < -0.4 is 9.58 Å². The number of thioether (sulfide) groups is 1. The summed E-state index contributed by atoms with van der Waals surface area (Å²) in [6.45, 7) is 4.00. The van der Waals surface area contributed by atoms with Crippen molar-refractivity contribution in [2.45, 2.75) is 19.1 Å². The highest BCUT2D eigenvalue weighted by Gasteiger charge is 2.18. The first-order valence-corrected chi connectivity index (χ1v) is 7.79. The lowest BCUT2D eigenvalue weighted by molar-refractivity contribution is -0.667. The number of nitrogens with zero attached hydrogens (tertiary/aromatic N) is 2. The second-order valence-corrected chi connectivity index (χ2v) is 6.23. The van der Waals surface area contributed by atoms with Crippen LogP contribution in [0.2, 0.25) is 5.15 Å². The summed E-state index contributed by atoms with van der Waals surface area (Å²) in [6.07, 6.45) is 0. The van der Waals surface area contributed by atoms with E-state index in [9.17, 15) is 9.60 Å². The van der Waals surface area contributed by atoms with Gasteiger partial charge >= 0.3 is 5.15 Å². The van der Waals surface area contributed by atoms with Crippen LogP contribution in [0.1, 0.15) is 24.7 Å². The van der Waals surface area contributed by atoms with Crippen LogP contribution in [-0.2, 0) is 0 Å². The molecule has 2 rings (SSSR count). The van der Waals surface area contributed by atoms with E-state index in [1.165, 1.54) is 18.2 Å². The standard InChI is InChI=1S/C14H14ClFN2O2S/c1-3-21-9(2)10-5-4-6-11(16)14(10)20-13-8-7-12(15)18(19)17-13/h4-9H,3H2,1-2H3. The number of hydrogen-bond donors (Lipinski definition) is 0. The number of ether oxygens (including phenoxy) is 1. The van der Waals surface area contributed by atoms with Crippen LogP contribution in [0, 0.1) is 11.0 Å². The van der Waals surface area contributed by atoms with Crippen LogP contribution in [0.5, 0.6) is 11.6 Å². The summed E-state index contributed by atoms with van der Waals surface area (Å²) >= 11 is 7.26. The van der Waals surface area contributed by atoms with Crippen molar-refractivity contribution in [3.05, 3.63) is 52.1 Å². The minimum atomic E-state index is -0.495. The molecular formula is C14H14ClFN2O2S. The van der Waals surface area contributed by atoms with Gasteiger partial charge in [0.25, 0.3) is 5.88 Å². The molecule has 0 aliphatic rings. The number of aromatic nitrogens is 2. The average molecular weight is 329 g/mol.